The number of fused-ring (bicyclic) bond motifs is 1. The fourth-order valence-corrected chi connectivity index (χ4v) is 5.54. The molecule has 1 amide bonds. The number of benzene rings is 3. The highest BCUT2D eigenvalue weighted by Gasteiger charge is 2.32. The number of carbonyl (C=O) groups excluding carboxylic acids is 1. The number of carbonyl (C=O) groups is 1. The van der Waals surface area contributed by atoms with Crippen LogP contribution >= 0.6 is 15.9 Å². The molecule has 32 heavy (non-hydrogen) atoms. The lowest BCUT2D eigenvalue weighted by molar-refractivity contribution is -0.118. The normalized spacial score (nSPS) is 13.4. The number of sulfonamides is 1. The van der Waals surface area contributed by atoms with Crippen molar-refractivity contribution in [1.29, 1.82) is 0 Å². The molecule has 8 heteroatoms. The molecule has 0 spiro atoms. The molecule has 0 unspecified atom stereocenters. The van der Waals surface area contributed by atoms with Crippen LogP contribution in [0.1, 0.15) is 16.7 Å². The molecule has 0 atom stereocenters. The van der Waals surface area contributed by atoms with Gasteiger partial charge in [-0.3, -0.25) is 4.79 Å². The molecule has 4 rings (SSSR count). The van der Waals surface area contributed by atoms with Crippen molar-refractivity contribution in [2.45, 2.75) is 24.8 Å². The standard InChI is InChI=1S/C24H22BrFN2O3S/c1-17-6-9-21(10-7-17)32(30,31)27(15-19-4-2-3-5-22(19)26)16-24(29)28-13-12-18-14-20(25)8-11-23(18)28/h2-11,14H,12-13,15-16H2,1H3. The van der Waals surface area contributed by atoms with Gasteiger partial charge in [0.15, 0.2) is 0 Å². The van der Waals surface area contributed by atoms with Crippen LogP contribution in [0.2, 0.25) is 0 Å². The Balaban J connectivity index is 1.66. The van der Waals surface area contributed by atoms with Gasteiger partial charge in [-0.25, -0.2) is 12.8 Å². The molecule has 0 radical (unpaired) electrons. The van der Waals surface area contributed by atoms with Crippen LogP contribution in [0.5, 0.6) is 0 Å². The Morgan fingerprint density at radius 2 is 1.81 bits per heavy atom. The molecule has 0 aliphatic carbocycles. The molecule has 0 N–H and O–H groups in total. The molecule has 3 aromatic rings. The van der Waals surface area contributed by atoms with E-state index in [2.05, 4.69) is 15.9 Å². The van der Waals surface area contributed by atoms with E-state index in [9.17, 15) is 17.6 Å². The van der Waals surface area contributed by atoms with Gasteiger partial charge in [-0.05, 0) is 55.3 Å². The summed E-state index contributed by atoms with van der Waals surface area (Å²) in [4.78, 5) is 14.9. The summed E-state index contributed by atoms with van der Waals surface area (Å²) in [5, 5.41) is 0. The van der Waals surface area contributed by atoms with Crippen LogP contribution in [0.25, 0.3) is 0 Å². The SMILES string of the molecule is Cc1ccc(S(=O)(=O)N(CC(=O)N2CCc3cc(Br)ccc32)Cc2ccccc2F)cc1. The first-order valence-corrected chi connectivity index (χ1v) is 12.4. The van der Waals surface area contributed by atoms with Gasteiger partial charge in [-0.15, -0.1) is 0 Å². The van der Waals surface area contributed by atoms with E-state index in [0.717, 1.165) is 25.6 Å². The number of aryl methyl sites for hydroxylation is 1. The average Bonchev–Trinajstić information content (AvgIpc) is 3.18. The zero-order valence-electron chi connectivity index (χ0n) is 17.5. The van der Waals surface area contributed by atoms with Crippen LogP contribution in [-0.4, -0.2) is 31.7 Å². The van der Waals surface area contributed by atoms with Gasteiger partial charge in [0.2, 0.25) is 15.9 Å². The monoisotopic (exact) mass is 516 g/mol. The van der Waals surface area contributed by atoms with Crippen molar-refractivity contribution in [3.63, 3.8) is 0 Å². The van der Waals surface area contributed by atoms with Crippen LogP contribution in [-0.2, 0) is 27.8 Å². The fourth-order valence-electron chi connectivity index (χ4n) is 3.77. The Morgan fingerprint density at radius 1 is 1.09 bits per heavy atom. The number of hydrogen-bond acceptors (Lipinski definition) is 3. The van der Waals surface area contributed by atoms with Crippen molar-refractivity contribution in [2.75, 3.05) is 18.0 Å². The maximum Gasteiger partial charge on any atom is 0.243 e. The highest BCUT2D eigenvalue weighted by molar-refractivity contribution is 9.10. The molecule has 1 aliphatic rings. The minimum Gasteiger partial charge on any atom is -0.311 e. The topological polar surface area (TPSA) is 57.7 Å². The molecular weight excluding hydrogens is 495 g/mol. The second-order valence-electron chi connectivity index (χ2n) is 7.75. The van der Waals surface area contributed by atoms with E-state index in [1.807, 2.05) is 25.1 Å². The first-order valence-electron chi connectivity index (χ1n) is 10.1. The molecular formula is C24H22BrFN2O3S. The summed E-state index contributed by atoms with van der Waals surface area (Å²) in [6.45, 7) is 1.71. The van der Waals surface area contributed by atoms with Crippen LogP contribution in [0.3, 0.4) is 0 Å². The smallest absolute Gasteiger partial charge is 0.243 e. The van der Waals surface area contributed by atoms with Crippen molar-refractivity contribution >= 4 is 37.5 Å². The van der Waals surface area contributed by atoms with Crippen molar-refractivity contribution in [2.24, 2.45) is 0 Å². The van der Waals surface area contributed by atoms with E-state index < -0.39 is 15.8 Å². The van der Waals surface area contributed by atoms with E-state index >= 15 is 0 Å². The van der Waals surface area contributed by atoms with Crippen LogP contribution < -0.4 is 4.90 Å². The summed E-state index contributed by atoms with van der Waals surface area (Å²) in [6, 6.07) is 18.1. The van der Waals surface area contributed by atoms with Crippen molar-refractivity contribution in [1.82, 2.24) is 4.31 Å². The third kappa shape index (κ3) is 4.62. The zero-order chi connectivity index (χ0) is 22.9. The maximum atomic E-state index is 14.3. The molecule has 0 fully saturated rings. The van der Waals surface area contributed by atoms with E-state index in [0.29, 0.717) is 13.0 Å². The Kier molecular flexibility index (Phi) is 6.46. The highest BCUT2D eigenvalue weighted by Crippen LogP contribution is 2.31. The number of nitrogens with zero attached hydrogens (tertiary/aromatic N) is 2. The van der Waals surface area contributed by atoms with E-state index in [-0.39, 0.29) is 29.5 Å². The van der Waals surface area contributed by atoms with E-state index in [1.54, 1.807) is 29.2 Å². The third-order valence-corrected chi connectivity index (χ3v) is 7.81. The Hall–Kier alpha value is -2.55. The number of halogens is 2. The van der Waals surface area contributed by atoms with Gasteiger partial charge in [-0.2, -0.15) is 4.31 Å². The first-order chi connectivity index (χ1) is 15.3. The summed E-state index contributed by atoms with van der Waals surface area (Å²) in [5.74, 6) is -0.862. The molecule has 0 saturated carbocycles. The quantitative estimate of drug-likeness (QED) is 0.478. The summed E-state index contributed by atoms with van der Waals surface area (Å²) in [7, 11) is -4.03. The van der Waals surface area contributed by atoms with Crippen LogP contribution in [0.15, 0.2) is 76.1 Å². The molecule has 0 bridgehead atoms. The molecule has 1 heterocycles. The van der Waals surface area contributed by atoms with Crippen molar-refractivity contribution < 1.29 is 17.6 Å². The Labute approximate surface area is 195 Å². The van der Waals surface area contributed by atoms with Gasteiger partial charge in [-0.1, -0.05) is 51.8 Å². The van der Waals surface area contributed by atoms with Crippen molar-refractivity contribution in [3.05, 3.63) is 93.7 Å². The highest BCUT2D eigenvalue weighted by atomic mass is 79.9. The summed E-state index contributed by atoms with van der Waals surface area (Å²) < 4.78 is 43.2. The number of anilines is 1. The van der Waals surface area contributed by atoms with Crippen molar-refractivity contribution in [3.8, 4) is 0 Å². The van der Waals surface area contributed by atoms with Gasteiger partial charge in [0.25, 0.3) is 0 Å². The lowest BCUT2D eigenvalue weighted by atomic mass is 10.2. The third-order valence-electron chi connectivity index (χ3n) is 5.51. The number of hydrogen-bond donors (Lipinski definition) is 0. The second-order valence-corrected chi connectivity index (χ2v) is 10.6. The number of amides is 1. The van der Waals surface area contributed by atoms with Crippen LogP contribution in [0.4, 0.5) is 10.1 Å². The predicted molar refractivity (Wildman–Crippen MR) is 125 cm³/mol. The van der Waals surface area contributed by atoms with Gasteiger partial charge < -0.3 is 4.90 Å². The lowest BCUT2D eigenvalue weighted by Crippen LogP contribution is -2.42. The number of rotatable bonds is 6. The van der Waals surface area contributed by atoms with E-state index in [1.165, 1.54) is 24.3 Å². The van der Waals surface area contributed by atoms with Gasteiger partial charge >= 0.3 is 0 Å². The second kappa shape index (κ2) is 9.13. The van der Waals surface area contributed by atoms with Gasteiger partial charge in [0, 0.05) is 28.8 Å². The molecule has 166 valence electrons. The van der Waals surface area contributed by atoms with Gasteiger partial charge in [0.1, 0.15) is 5.82 Å². The molecule has 0 aromatic heterocycles. The largest absolute Gasteiger partial charge is 0.311 e. The Morgan fingerprint density at radius 3 is 2.53 bits per heavy atom. The molecule has 5 nitrogen and oxygen atoms in total. The minimum atomic E-state index is -4.03. The maximum absolute atomic E-state index is 14.3. The molecule has 3 aromatic carbocycles. The summed E-state index contributed by atoms with van der Waals surface area (Å²) in [6.07, 6.45) is 0.693. The Bertz CT molecular complexity index is 1260. The molecule has 0 saturated heterocycles. The minimum absolute atomic E-state index is 0.0676. The fraction of sp³-hybridized carbons (Fsp3) is 0.208. The predicted octanol–water partition coefficient (Wildman–Crippen LogP) is 4.68. The summed E-state index contributed by atoms with van der Waals surface area (Å²) in [5.41, 5.74) is 2.92. The lowest BCUT2D eigenvalue weighted by Gasteiger charge is -2.25. The van der Waals surface area contributed by atoms with Crippen LogP contribution in [0, 0.1) is 12.7 Å². The summed E-state index contributed by atoms with van der Waals surface area (Å²) >= 11 is 3.44. The average molecular weight is 517 g/mol. The van der Waals surface area contributed by atoms with Gasteiger partial charge in [0.05, 0.1) is 11.4 Å². The zero-order valence-corrected chi connectivity index (χ0v) is 19.9. The van der Waals surface area contributed by atoms with E-state index in [4.69, 9.17) is 0 Å². The molecule has 1 aliphatic heterocycles. The first kappa shape index (κ1) is 22.6.